The van der Waals surface area contributed by atoms with E-state index in [0.717, 1.165) is 37.8 Å². The molecule has 0 aromatic heterocycles. The van der Waals surface area contributed by atoms with Crippen LogP contribution in [0.4, 0.5) is 14.5 Å². The minimum absolute atomic E-state index is 0.133. The molecular weight excluding hydrogens is 314 g/mol. The fraction of sp³-hybridized carbons (Fsp3) is 0.556. The average Bonchev–Trinajstić information content (AvgIpc) is 3.36. The van der Waals surface area contributed by atoms with Gasteiger partial charge in [0, 0.05) is 17.8 Å². The predicted octanol–water partition coefficient (Wildman–Crippen LogP) is 3.52. The summed E-state index contributed by atoms with van der Waals surface area (Å²) >= 11 is 0. The summed E-state index contributed by atoms with van der Waals surface area (Å²) in [5.74, 6) is -2.69. The molecule has 1 aromatic carbocycles. The molecule has 2 amide bonds. The van der Waals surface area contributed by atoms with Gasteiger partial charge in [0.2, 0.25) is 11.8 Å². The second kappa shape index (κ2) is 6.87. The summed E-state index contributed by atoms with van der Waals surface area (Å²) in [5, 5.41) is 5.55. The van der Waals surface area contributed by atoms with Gasteiger partial charge in [-0.3, -0.25) is 9.59 Å². The fourth-order valence-corrected chi connectivity index (χ4v) is 3.25. The van der Waals surface area contributed by atoms with Gasteiger partial charge in [-0.05, 0) is 37.8 Å². The van der Waals surface area contributed by atoms with E-state index >= 15 is 0 Å². The molecule has 2 N–H and O–H groups in total. The topological polar surface area (TPSA) is 58.2 Å². The Morgan fingerprint density at radius 2 is 1.62 bits per heavy atom. The Morgan fingerprint density at radius 1 is 0.958 bits per heavy atom. The molecule has 0 atom stereocenters. The van der Waals surface area contributed by atoms with Crippen LogP contribution in [0.1, 0.15) is 51.4 Å². The van der Waals surface area contributed by atoms with Gasteiger partial charge in [0.05, 0.1) is 0 Å². The minimum Gasteiger partial charge on any atom is -0.352 e. The Morgan fingerprint density at radius 3 is 2.21 bits per heavy atom. The fourth-order valence-electron chi connectivity index (χ4n) is 3.25. The summed E-state index contributed by atoms with van der Waals surface area (Å²) in [6.45, 7) is 0. The zero-order valence-electron chi connectivity index (χ0n) is 13.5. The van der Waals surface area contributed by atoms with E-state index in [1.54, 1.807) is 0 Å². The first-order valence-corrected chi connectivity index (χ1v) is 8.59. The lowest BCUT2D eigenvalue weighted by Gasteiger charge is -2.21. The van der Waals surface area contributed by atoms with Crippen LogP contribution >= 0.6 is 0 Å². The van der Waals surface area contributed by atoms with Gasteiger partial charge >= 0.3 is 0 Å². The molecule has 24 heavy (non-hydrogen) atoms. The maximum Gasteiger partial charge on any atom is 0.240 e. The molecule has 2 aliphatic carbocycles. The number of nitrogens with one attached hydrogen (secondary N) is 2. The summed E-state index contributed by atoms with van der Waals surface area (Å²) in [7, 11) is 0. The van der Waals surface area contributed by atoms with E-state index < -0.39 is 23.0 Å². The van der Waals surface area contributed by atoms with E-state index in [1.807, 2.05) is 0 Å². The van der Waals surface area contributed by atoms with Gasteiger partial charge in [0.15, 0.2) is 11.6 Å². The van der Waals surface area contributed by atoms with E-state index in [2.05, 4.69) is 10.6 Å². The van der Waals surface area contributed by atoms with E-state index in [1.165, 1.54) is 18.9 Å². The molecule has 2 saturated carbocycles. The van der Waals surface area contributed by atoms with E-state index in [4.69, 9.17) is 0 Å². The Bertz CT molecular complexity index is 636. The molecule has 6 heteroatoms. The highest BCUT2D eigenvalue weighted by atomic mass is 19.2. The molecule has 130 valence electrons. The third-order valence-corrected chi connectivity index (χ3v) is 4.99. The molecule has 0 spiro atoms. The van der Waals surface area contributed by atoms with Gasteiger partial charge < -0.3 is 10.6 Å². The summed E-state index contributed by atoms with van der Waals surface area (Å²) in [5.41, 5.74) is -0.899. The van der Waals surface area contributed by atoms with E-state index in [9.17, 15) is 18.4 Å². The van der Waals surface area contributed by atoms with Crippen LogP contribution < -0.4 is 10.6 Å². The number of carbonyl (C=O) groups excluding carboxylic acids is 2. The van der Waals surface area contributed by atoms with Gasteiger partial charge in [-0.1, -0.05) is 25.7 Å². The second-order valence-corrected chi connectivity index (χ2v) is 6.83. The van der Waals surface area contributed by atoms with Crippen LogP contribution in [0.5, 0.6) is 0 Å². The number of hydrogen-bond donors (Lipinski definition) is 2. The van der Waals surface area contributed by atoms with Crippen molar-refractivity contribution in [1.82, 2.24) is 5.32 Å². The normalized spacial score (nSPS) is 20.1. The molecule has 0 aliphatic heterocycles. The summed E-state index contributed by atoms with van der Waals surface area (Å²) in [4.78, 5) is 25.0. The molecule has 2 fully saturated rings. The zero-order chi connectivity index (χ0) is 17.2. The number of hydrogen-bond acceptors (Lipinski definition) is 2. The Balaban J connectivity index is 1.62. The molecule has 1 aromatic rings. The molecule has 0 saturated heterocycles. The van der Waals surface area contributed by atoms with Crippen molar-refractivity contribution in [2.24, 2.45) is 5.41 Å². The average molecular weight is 336 g/mol. The van der Waals surface area contributed by atoms with Crippen LogP contribution in [-0.2, 0) is 9.59 Å². The van der Waals surface area contributed by atoms with Gasteiger partial charge in [0.25, 0.3) is 0 Å². The van der Waals surface area contributed by atoms with Crippen LogP contribution in [0, 0.1) is 17.0 Å². The minimum atomic E-state index is -1.06. The Hall–Kier alpha value is -1.98. The van der Waals surface area contributed by atoms with Gasteiger partial charge in [-0.2, -0.15) is 0 Å². The van der Waals surface area contributed by atoms with E-state index in [0.29, 0.717) is 12.8 Å². The Labute approximate surface area is 140 Å². The zero-order valence-corrected chi connectivity index (χ0v) is 13.5. The van der Waals surface area contributed by atoms with Crippen LogP contribution in [0.2, 0.25) is 0 Å². The highest BCUT2D eigenvalue weighted by molar-refractivity contribution is 6.13. The smallest absolute Gasteiger partial charge is 0.240 e. The SMILES string of the molecule is O=C(Nc1ccc(F)c(F)c1)C1(C(=O)NC2CCCCCC2)CC1. The molecule has 0 heterocycles. The van der Waals surface area contributed by atoms with Crippen molar-refractivity contribution in [1.29, 1.82) is 0 Å². The highest BCUT2D eigenvalue weighted by Crippen LogP contribution is 2.47. The van der Waals surface area contributed by atoms with Crippen LogP contribution in [0.15, 0.2) is 18.2 Å². The largest absolute Gasteiger partial charge is 0.352 e. The molecule has 0 unspecified atom stereocenters. The lowest BCUT2D eigenvalue weighted by atomic mass is 10.0. The maximum atomic E-state index is 13.2. The van der Waals surface area contributed by atoms with Crippen molar-refractivity contribution >= 4 is 17.5 Å². The molecule has 2 aliphatic rings. The monoisotopic (exact) mass is 336 g/mol. The third kappa shape index (κ3) is 3.57. The number of anilines is 1. The van der Waals surface area contributed by atoms with Crippen molar-refractivity contribution < 1.29 is 18.4 Å². The number of halogens is 2. The number of amides is 2. The van der Waals surface area contributed by atoms with Crippen LogP contribution in [0.25, 0.3) is 0 Å². The Kier molecular flexibility index (Phi) is 4.83. The maximum absolute atomic E-state index is 13.2. The summed E-state index contributed by atoms with van der Waals surface area (Å²) in [6.07, 6.45) is 7.45. The summed E-state index contributed by atoms with van der Waals surface area (Å²) in [6, 6.07) is 3.30. The quantitative estimate of drug-likeness (QED) is 0.653. The predicted molar refractivity (Wildman–Crippen MR) is 86.3 cm³/mol. The third-order valence-electron chi connectivity index (χ3n) is 4.99. The molecule has 0 radical (unpaired) electrons. The second-order valence-electron chi connectivity index (χ2n) is 6.83. The van der Waals surface area contributed by atoms with Gasteiger partial charge in [-0.15, -0.1) is 0 Å². The first-order chi connectivity index (χ1) is 11.5. The molecule has 3 rings (SSSR count). The number of carbonyl (C=O) groups is 2. The number of rotatable bonds is 4. The van der Waals surface area contributed by atoms with Crippen molar-refractivity contribution in [2.75, 3.05) is 5.32 Å². The molecular formula is C18H22F2N2O2. The van der Waals surface area contributed by atoms with Gasteiger partial charge in [0.1, 0.15) is 5.41 Å². The highest BCUT2D eigenvalue weighted by Gasteiger charge is 2.56. The van der Waals surface area contributed by atoms with Crippen molar-refractivity contribution in [2.45, 2.75) is 57.4 Å². The molecule has 4 nitrogen and oxygen atoms in total. The van der Waals surface area contributed by atoms with E-state index in [-0.39, 0.29) is 17.6 Å². The van der Waals surface area contributed by atoms with Crippen LogP contribution in [0.3, 0.4) is 0 Å². The standard InChI is InChI=1S/C18H22F2N2O2/c19-14-8-7-13(11-15(14)20)22-17(24)18(9-10-18)16(23)21-12-5-3-1-2-4-6-12/h7-8,11-12H,1-6,9-10H2,(H,21,23)(H,22,24). The number of benzene rings is 1. The molecule has 0 bridgehead atoms. The van der Waals surface area contributed by atoms with Crippen molar-refractivity contribution in [3.05, 3.63) is 29.8 Å². The lowest BCUT2D eigenvalue weighted by Crippen LogP contribution is -2.44. The first-order valence-electron chi connectivity index (χ1n) is 8.59. The van der Waals surface area contributed by atoms with Crippen molar-refractivity contribution in [3.8, 4) is 0 Å². The lowest BCUT2D eigenvalue weighted by molar-refractivity contribution is -0.134. The summed E-state index contributed by atoms with van der Waals surface area (Å²) < 4.78 is 26.2. The van der Waals surface area contributed by atoms with Gasteiger partial charge in [-0.25, -0.2) is 8.78 Å². The van der Waals surface area contributed by atoms with Crippen molar-refractivity contribution in [3.63, 3.8) is 0 Å². The van der Waals surface area contributed by atoms with Crippen LogP contribution in [-0.4, -0.2) is 17.9 Å². The first kappa shape index (κ1) is 16.9.